The largest absolute Gasteiger partial charge is 0.309 e. The zero-order chi connectivity index (χ0) is 41.6. The van der Waals surface area contributed by atoms with Gasteiger partial charge in [0, 0.05) is 22.2 Å². The maximum Gasteiger partial charge on any atom is 0.0540 e. The van der Waals surface area contributed by atoms with E-state index in [1.165, 1.54) is 77.5 Å². The van der Waals surface area contributed by atoms with Crippen molar-refractivity contribution < 1.29 is 0 Å². The predicted molar refractivity (Wildman–Crippen MR) is 263 cm³/mol. The molecule has 0 fully saturated rings. The molecule has 0 bridgehead atoms. The van der Waals surface area contributed by atoms with Gasteiger partial charge < -0.3 is 4.90 Å². The van der Waals surface area contributed by atoms with Gasteiger partial charge in [0.15, 0.2) is 0 Å². The molecule has 1 aliphatic carbocycles. The first-order chi connectivity index (χ1) is 30.5. The van der Waals surface area contributed by atoms with Crippen LogP contribution in [0.4, 0.5) is 17.1 Å². The Bertz CT molecular complexity index is 3240. The topological polar surface area (TPSA) is 3.24 Å². The van der Waals surface area contributed by atoms with E-state index >= 15 is 0 Å². The number of hydrogen-bond donors (Lipinski definition) is 0. The van der Waals surface area contributed by atoms with Crippen LogP contribution in [-0.4, -0.2) is 0 Å². The lowest BCUT2D eigenvalue weighted by atomic mass is 9.79. The molecule has 0 amide bonds. The molecule has 1 aliphatic rings. The van der Waals surface area contributed by atoms with Crippen molar-refractivity contribution in [3.8, 4) is 66.8 Å². The van der Waals surface area contributed by atoms with E-state index < -0.39 is 0 Å². The molecule has 10 aromatic rings. The molecule has 11 rings (SSSR count). The third-order valence-electron chi connectivity index (χ3n) is 12.9. The Hall–Kier alpha value is -7.74. The number of rotatable bonds is 8. The van der Waals surface area contributed by atoms with E-state index in [2.05, 4.69) is 255 Å². The third-order valence-corrected chi connectivity index (χ3v) is 12.9. The molecule has 0 heterocycles. The summed E-state index contributed by atoms with van der Waals surface area (Å²) in [5, 5.41) is 2.50. The number of fused-ring (bicyclic) bond motifs is 4. The first-order valence-corrected chi connectivity index (χ1v) is 21.6. The molecule has 0 aromatic heterocycles. The van der Waals surface area contributed by atoms with Gasteiger partial charge in [-0.25, -0.2) is 0 Å². The fourth-order valence-electron chi connectivity index (χ4n) is 9.92. The summed E-state index contributed by atoms with van der Waals surface area (Å²) in [7, 11) is 0. The summed E-state index contributed by atoms with van der Waals surface area (Å²) in [5.74, 6) is 0. The fraction of sp³-hybridized carbons (Fsp3) is 0.0492. The molecule has 294 valence electrons. The van der Waals surface area contributed by atoms with Gasteiger partial charge in [0.25, 0.3) is 0 Å². The van der Waals surface area contributed by atoms with Crippen LogP contribution < -0.4 is 4.90 Å². The van der Waals surface area contributed by atoms with Crippen LogP contribution in [0.15, 0.2) is 237 Å². The summed E-state index contributed by atoms with van der Waals surface area (Å²) in [5.41, 5.74) is 20.7. The predicted octanol–water partition coefficient (Wildman–Crippen LogP) is 17.0. The second-order valence-corrected chi connectivity index (χ2v) is 16.9. The lowest BCUT2D eigenvalue weighted by Gasteiger charge is -2.30. The Morgan fingerprint density at radius 2 is 0.758 bits per heavy atom. The van der Waals surface area contributed by atoms with E-state index in [9.17, 15) is 0 Å². The molecule has 0 radical (unpaired) electrons. The monoisotopic (exact) mass is 791 g/mol. The minimum Gasteiger partial charge on any atom is -0.309 e. The maximum absolute atomic E-state index is 2.46. The van der Waals surface area contributed by atoms with E-state index in [-0.39, 0.29) is 5.41 Å². The minimum atomic E-state index is -0.109. The van der Waals surface area contributed by atoms with Gasteiger partial charge in [-0.05, 0) is 108 Å². The Morgan fingerprint density at radius 3 is 1.52 bits per heavy atom. The summed E-state index contributed by atoms with van der Waals surface area (Å²) in [4.78, 5) is 2.46. The van der Waals surface area contributed by atoms with Crippen LogP contribution in [0.2, 0.25) is 0 Å². The van der Waals surface area contributed by atoms with E-state index in [0.717, 1.165) is 28.2 Å². The van der Waals surface area contributed by atoms with Gasteiger partial charge >= 0.3 is 0 Å². The zero-order valence-corrected chi connectivity index (χ0v) is 35.0. The first-order valence-electron chi connectivity index (χ1n) is 21.6. The van der Waals surface area contributed by atoms with Crippen LogP contribution in [0.25, 0.3) is 77.5 Å². The summed E-state index contributed by atoms with van der Waals surface area (Å²) in [6, 6.07) is 86.6. The molecular weight excluding hydrogens is 747 g/mol. The number of nitrogens with zero attached hydrogens (tertiary/aromatic N) is 1. The second-order valence-electron chi connectivity index (χ2n) is 16.9. The number of hydrogen-bond acceptors (Lipinski definition) is 1. The molecule has 1 nitrogen and oxygen atoms in total. The molecule has 0 aliphatic heterocycles. The Labute approximate surface area is 364 Å². The highest BCUT2D eigenvalue weighted by atomic mass is 15.1. The van der Waals surface area contributed by atoms with Crippen LogP contribution in [0.3, 0.4) is 0 Å². The molecule has 62 heavy (non-hydrogen) atoms. The van der Waals surface area contributed by atoms with Gasteiger partial charge in [-0.2, -0.15) is 0 Å². The smallest absolute Gasteiger partial charge is 0.0540 e. The van der Waals surface area contributed by atoms with Crippen LogP contribution >= 0.6 is 0 Å². The molecule has 10 aromatic carbocycles. The summed E-state index contributed by atoms with van der Waals surface area (Å²) < 4.78 is 0. The van der Waals surface area contributed by atoms with Crippen LogP contribution in [0, 0.1) is 0 Å². The Kier molecular flexibility index (Phi) is 9.24. The molecule has 0 N–H and O–H groups in total. The van der Waals surface area contributed by atoms with Crippen molar-refractivity contribution >= 4 is 27.8 Å². The van der Waals surface area contributed by atoms with Crippen molar-refractivity contribution in [3.63, 3.8) is 0 Å². The zero-order valence-electron chi connectivity index (χ0n) is 35.0. The second kappa shape index (κ2) is 15.4. The number of para-hydroxylation sites is 2. The number of benzene rings is 10. The standard InChI is InChI=1S/C61H45N/c1-61(2)57-30-11-8-26-55(57)56-29-16-28-54(60(56)61)46-37-39-49(40-38-46)62(58-31-12-9-24-52(58)45-35-33-43(34-36-45)42-17-4-3-5-18-42)59-32-13-10-25-53(59)48-22-14-21-47(41-48)51-27-15-20-44-19-6-7-23-50(44)51/h3-41H,1-2H3. The quantitative estimate of drug-likeness (QED) is 0.148. The van der Waals surface area contributed by atoms with Gasteiger partial charge in [0.05, 0.1) is 11.4 Å². The fourth-order valence-corrected chi connectivity index (χ4v) is 9.92. The highest BCUT2D eigenvalue weighted by Gasteiger charge is 2.37. The van der Waals surface area contributed by atoms with Crippen molar-refractivity contribution in [3.05, 3.63) is 248 Å². The molecule has 0 atom stereocenters. The number of anilines is 3. The summed E-state index contributed by atoms with van der Waals surface area (Å²) in [6.07, 6.45) is 0. The van der Waals surface area contributed by atoms with Crippen molar-refractivity contribution in [2.75, 3.05) is 4.90 Å². The van der Waals surface area contributed by atoms with Crippen molar-refractivity contribution in [2.45, 2.75) is 19.3 Å². The van der Waals surface area contributed by atoms with E-state index in [0.29, 0.717) is 0 Å². The van der Waals surface area contributed by atoms with E-state index in [4.69, 9.17) is 0 Å². The average Bonchev–Trinajstić information content (AvgIpc) is 3.58. The summed E-state index contributed by atoms with van der Waals surface area (Å²) >= 11 is 0. The van der Waals surface area contributed by atoms with E-state index in [1.807, 2.05) is 0 Å². The summed E-state index contributed by atoms with van der Waals surface area (Å²) in [6.45, 7) is 4.74. The lowest BCUT2D eigenvalue weighted by molar-refractivity contribution is 0.662. The lowest BCUT2D eigenvalue weighted by Crippen LogP contribution is -2.16. The van der Waals surface area contributed by atoms with Gasteiger partial charge in [-0.1, -0.05) is 220 Å². The normalized spacial score (nSPS) is 12.5. The third kappa shape index (κ3) is 6.42. The van der Waals surface area contributed by atoms with Crippen LogP contribution in [-0.2, 0) is 5.41 Å². The molecular formula is C61H45N. The SMILES string of the molecule is CC1(C)c2ccccc2-c2cccc(-c3ccc(N(c4ccccc4-c4ccc(-c5ccccc5)cc4)c4ccccc4-c4cccc(-c5cccc6ccccc56)c4)cc3)c21. The molecule has 1 heteroatoms. The molecule has 0 unspecified atom stereocenters. The highest BCUT2D eigenvalue weighted by molar-refractivity contribution is 5.99. The molecule has 0 saturated heterocycles. The highest BCUT2D eigenvalue weighted by Crippen LogP contribution is 2.52. The van der Waals surface area contributed by atoms with Crippen LogP contribution in [0.1, 0.15) is 25.0 Å². The van der Waals surface area contributed by atoms with E-state index in [1.54, 1.807) is 0 Å². The molecule has 0 saturated carbocycles. The Balaban J connectivity index is 1.06. The van der Waals surface area contributed by atoms with Crippen molar-refractivity contribution in [1.29, 1.82) is 0 Å². The van der Waals surface area contributed by atoms with Crippen LogP contribution in [0.5, 0.6) is 0 Å². The van der Waals surface area contributed by atoms with Gasteiger partial charge in [-0.15, -0.1) is 0 Å². The van der Waals surface area contributed by atoms with Gasteiger partial charge in [0.1, 0.15) is 0 Å². The maximum atomic E-state index is 2.46. The van der Waals surface area contributed by atoms with Crippen molar-refractivity contribution in [1.82, 2.24) is 0 Å². The molecule has 0 spiro atoms. The minimum absolute atomic E-state index is 0.109. The van der Waals surface area contributed by atoms with Gasteiger partial charge in [-0.3, -0.25) is 0 Å². The average molecular weight is 792 g/mol. The van der Waals surface area contributed by atoms with Gasteiger partial charge in [0.2, 0.25) is 0 Å². The Morgan fingerprint density at radius 1 is 0.306 bits per heavy atom. The van der Waals surface area contributed by atoms with Crippen molar-refractivity contribution in [2.24, 2.45) is 0 Å². The first kappa shape index (κ1) is 37.3.